The predicted octanol–water partition coefficient (Wildman–Crippen LogP) is 1.70. The minimum absolute atomic E-state index is 0.0128. The van der Waals surface area contributed by atoms with Crippen molar-refractivity contribution in [2.75, 3.05) is 18.3 Å². The van der Waals surface area contributed by atoms with E-state index in [2.05, 4.69) is 15.1 Å². The second kappa shape index (κ2) is 6.42. The molecule has 0 aliphatic carbocycles. The number of para-hydroxylation sites is 1. The average molecular weight is 333 g/mol. The van der Waals surface area contributed by atoms with Gasteiger partial charge in [-0.15, -0.1) is 0 Å². The first kappa shape index (κ1) is 15.7. The fourth-order valence-electron chi connectivity index (χ4n) is 1.62. The molecule has 1 aromatic heterocycles. The van der Waals surface area contributed by atoms with Crippen LogP contribution in [0.2, 0.25) is 5.02 Å². The van der Waals surface area contributed by atoms with Gasteiger partial charge in [0.2, 0.25) is 0 Å². The maximum Gasteiger partial charge on any atom is 0.265 e. The first-order valence-electron chi connectivity index (χ1n) is 6.08. The highest BCUT2D eigenvalue weighted by atomic mass is 35.5. The van der Waals surface area contributed by atoms with Crippen molar-refractivity contribution in [3.63, 3.8) is 0 Å². The summed E-state index contributed by atoms with van der Waals surface area (Å²) in [6.45, 7) is 1.17. The SMILES string of the molecule is CNCCn1cc(S(=O)(=O)Nc2c(F)cccc2Cl)cn1. The standard InChI is InChI=1S/C12H14ClFN4O2S/c1-15-5-6-18-8-9(7-16-18)21(19,20)17-12-10(13)3-2-4-11(12)14/h2-4,7-8,15,17H,5-6H2,1H3. The maximum absolute atomic E-state index is 13.6. The van der Waals surface area contributed by atoms with E-state index in [9.17, 15) is 12.8 Å². The summed E-state index contributed by atoms with van der Waals surface area (Å²) in [6, 6.07) is 3.92. The minimum Gasteiger partial charge on any atom is -0.318 e. The molecule has 0 unspecified atom stereocenters. The zero-order valence-corrected chi connectivity index (χ0v) is 12.7. The molecule has 0 amide bonds. The molecule has 114 valence electrons. The Bertz CT molecular complexity index is 712. The lowest BCUT2D eigenvalue weighted by Gasteiger charge is -2.08. The molecule has 0 radical (unpaired) electrons. The van der Waals surface area contributed by atoms with E-state index in [1.807, 2.05) is 0 Å². The molecule has 0 aliphatic heterocycles. The Morgan fingerprint density at radius 3 is 2.86 bits per heavy atom. The molecule has 2 N–H and O–H groups in total. The molecular formula is C12H14ClFN4O2S. The van der Waals surface area contributed by atoms with Crippen molar-refractivity contribution in [1.29, 1.82) is 0 Å². The molecule has 0 spiro atoms. The highest BCUT2D eigenvalue weighted by Gasteiger charge is 2.20. The van der Waals surface area contributed by atoms with Gasteiger partial charge in [-0.25, -0.2) is 12.8 Å². The van der Waals surface area contributed by atoms with Gasteiger partial charge in [0.15, 0.2) is 0 Å². The molecule has 1 heterocycles. The quantitative estimate of drug-likeness (QED) is 0.844. The monoisotopic (exact) mass is 332 g/mol. The number of halogens is 2. The van der Waals surface area contributed by atoms with Crippen molar-refractivity contribution in [2.45, 2.75) is 11.4 Å². The lowest BCUT2D eigenvalue weighted by molar-refractivity contribution is 0.582. The number of rotatable bonds is 6. The average Bonchev–Trinajstić information content (AvgIpc) is 2.90. The summed E-state index contributed by atoms with van der Waals surface area (Å²) < 4.78 is 41.6. The van der Waals surface area contributed by atoms with Crippen LogP contribution in [0.5, 0.6) is 0 Å². The Morgan fingerprint density at radius 2 is 2.19 bits per heavy atom. The number of aromatic nitrogens is 2. The van der Waals surface area contributed by atoms with Crippen LogP contribution in [0, 0.1) is 5.82 Å². The molecule has 0 saturated carbocycles. The van der Waals surface area contributed by atoms with Crippen molar-refractivity contribution in [3.8, 4) is 0 Å². The van der Waals surface area contributed by atoms with E-state index in [0.29, 0.717) is 13.1 Å². The van der Waals surface area contributed by atoms with Crippen LogP contribution >= 0.6 is 11.6 Å². The molecule has 0 bridgehead atoms. The minimum atomic E-state index is -3.94. The van der Waals surface area contributed by atoms with E-state index < -0.39 is 15.8 Å². The number of sulfonamides is 1. The molecule has 0 aliphatic rings. The highest BCUT2D eigenvalue weighted by Crippen LogP contribution is 2.27. The molecule has 6 nitrogen and oxygen atoms in total. The van der Waals surface area contributed by atoms with E-state index >= 15 is 0 Å². The van der Waals surface area contributed by atoms with Crippen LogP contribution in [0.1, 0.15) is 0 Å². The number of likely N-dealkylation sites (N-methyl/N-ethyl adjacent to an activating group) is 1. The summed E-state index contributed by atoms with van der Waals surface area (Å²) in [7, 11) is -2.16. The molecule has 0 saturated heterocycles. The molecule has 2 aromatic rings. The second-order valence-corrected chi connectivity index (χ2v) is 6.33. The van der Waals surface area contributed by atoms with Crippen LogP contribution in [0.4, 0.5) is 10.1 Å². The summed E-state index contributed by atoms with van der Waals surface area (Å²) in [5.74, 6) is -0.742. The zero-order chi connectivity index (χ0) is 15.5. The van der Waals surface area contributed by atoms with Crippen LogP contribution in [0.15, 0.2) is 35.5 Å². The van der Waals surface area contributed by atoms with Crippen molar-refractivity contribution in [1.82, 2.24) is 15.1 Å². The van der Waals surface area contributed by atoms with Gasteiger partial charge in [0.1, 0.15) is 16.4 Å². The molecule has 0 fully saturated rings. The van der Waals surface area contributed by atoms with Crippen LogP contribution < -0.4 is 10.0 Å². The van der Waals surface area contributed by atoms with Crippen molar-refractivity contribution in [3.05, 3.63) is 41.4 Å². The highest BCUT2D eigenvalue weighted by molar-refractivity contribution is 7.92. The lowest BCUT2D eigenvalue weighted by Crippen LogP contribution is -2.16. The Labute approximate surface area is 127 Å². The van der Waals surface area contributed by atoms with Gasteiger partial charge in [-0.2, -0.15) is 5.10 Å². The number of hydrogen-bond acceptors (Lipinski definition) is 4. The van der Waals surface area contributed by atoms with Gasteiger partial charge >= 0.3 is 0 Å². The molecule has 0 atom stereocenters. The summed E-state index contributed by atoms with van der Waals surface area (Å²) >= 11 is 5.80. The van der Waals surface area contributed by atoms with Gasteiger partial charge in [-0.05, 0) is 19.2 Å². The van der Waals surface area contributed by atoms with Gasteiger partial charge in [-0.1, -0.05) is 17.7 Å². The Kier molecular flexibility index (Phi) is 4.81. The maximum atomic E-state index is 13.6. The third-order valence-electron chi connectivity index (χ3n) is 2.71. The zero-order valence-electron chi connectivity index (χ0n) is 11.2. The van der Waals surface area contributed by atoms with Crippen LogP contribution in [0.3, 0.4) is 0 Å². The van der Waals surface area contributed by atoms with Crippen molar-refractivity contribution >= 4 is 27.3 Å². The Balaban J connectivity index is 2.24. The fourth-order valence-corrected chi connectivity index (χ4v) is 2.93. The summed E-state index contributed by atoms with van der Waals surface area (Å²) in [5, 5.41) is 6.85. The summed E-state index contributed by atoms with van der Waals surface area (Å²) in [5.41, 5.74) is -0.276. The van der Waals surface area contributed by atoms with Crippen molar-refractivity contribution < 1.29 is 12.8 Å². The van der Waals surface area contributed by atoms with E-state index in [-0.39, 0.29) is 15.6 Å². The Morgan fingerprint density at radius 1 is 1.43 bits per heavy atom. The molecular weight excluding hydrogens is 319 g/mol. The van der Waals surface area contributed by atoms with Gasteiger partial charge < -0.3 is 5.32 Å². The first-order valence-corrected chi connectivity index (χ1v) is 7.94. The topological polar surface area (TPSA) is 76.0 Å². The third kappa shape index (κ3) is 3.72. The van der Waals surface area contributed by atoms with Gasteiger partial charge in [0.25, 0.3) is 10.0 Å². The first-order chi connectivity index (χ1) is 9.94. The largest absolute Gasteiger partial charge is 0.318 e. The smallest absolute Gasteiger partial charge is 0.265 e. The molecule has 9 heteroatoms. The van der Waals surface area contributed by atoms with E-state index in [4.69, 9.17) is 11.6 Å². The van der Waals surface area contributed by atoms with Crippen LogP contribution in [0.25, 0.3) is 0 Å². The fraction of sp³-hybridized carbons (Fsp3) is 0.250. The number of hydrogen-bond donors (Lipinski definition) is 2. The van der Waals surface area contributed by atoms with Gasteiger partial charge in [-0.3, -0.25) is 9.40 Å². The van der Waals surface area contributed by atoms with Gasteiger partial charge in [0, 0.05) is 12.7 Å². The molecule has 2 rings (SSSR count). The van der Waals surface area contributed by atoms with Gasteiger partial charge in [0.05, 0.1) is 17.8 Å². The number of nitrogens with zero attached hydrogens (tertiary/aromatic N) is 2. The second-order valence-electron chi connectivity index (χ2n) is 4.24. The lowest BCUT2D eigenvalue weighted by atomic mass is 10.3. The van der Waals surface area contributed by atoms with E-state index in [1.165, 1.54) is 29.2 Å². The Hall–Kier alpha value is -1.64. The molecule has 1 aromatic carbocycles. The molecule has 21 heavy (non-hydrogen) atoms. The summed E-state index contributed by atoms with van der Waals surface area (Å²) in [6.07, 6.45) is 2.57. The van der Waals surface area contributed by atoms with Crippen molar-refractivity contribution in [2.24, 2.45) is 0 Å². The van der Waals surface area contributed by atoms with Crippen LogP contribution in [-0.2, 0) is 16.6 Å². The number of anilines is 1. The number of benzene rings is 1. The van der Waals surface area contributed by atoms with Crippen LogP contribution in [-0.4, -0.2) is 31.8 Å². The predicted molar refractivity (Wildman–Crippen MR) is 78.4 cm³/mol. The van der Waals surface area contributed by atoms with E-state index in [0.717, 1.165) is 6.07 Å². The third-order valence-corrected chi connectivity index (χ3v) is 4.33. The van der Waals surface area contributed by atoms with E-state index in [1.54, 1.807) is 7.05 Å². The normalized spacial score (nSPS) is 11.6. The number of nitrogens with one attached hydrogen (secondary N) is 2. The summed E-state index contributed by atoms with van der Waals surface area (Å²) in [4.78, 5) is -0.0575.